The van der Waals surface area contributed by atoms with E-state index in [1.165, 1.54) is 49.4 Å². The van der Waals surface area contributed by atoms with E-state index in [9.17, 15) is 0 Å². The largest absolute Gasteiger partial charge is 0.429 e. The van der Waals surface area contributed by atoms with Gasteiger partial charge >= 0.3 is 7.48 Å². The van der Waals surface area contributed by atoms with Gasteiger partial charge in [0.05, 0.1) is 11.3 Å². The summed E-state index contributed by atoms with van der Waals surface area (Å²) in [6.45, 7) is 17.0. The summed E-state index contributed by atoms with van der Waals surface area (Å²) in [5, 5.41) is 4.84. The number of rotatable bonds is 7. The molecule has 0 aliphatic rings. The van der Waals surface area contributed by atoms with Gasteiger partial charge in [-0.2, -0.15) is 0 Å². The third-order valence-corrected chi connectivity index (χ3v) is 8.42. The molecule has 0 aliphatic heterocycles. The van der Waals surface area contributed by atoms with Crippen LogP contribution in [0.5, 0.6) is 0 Å². The molecule has 200 valence electrons. The Bertz CT molecular complexity index is 1740. The van der Waals surface area contributed by atoms with E-state index < -0.39 is 0 Å². The summed E-state index contributed by atoms with van der Waals surface area (Å²) in [6, 6.07) is 32.8. The van der Waals surface area contributed by atoms with E-state index in [-0.39, 0.29) is 11.0 Å². The molecule has 0 spiro atoms. The SMILES string of the molecule is C=C/C=N\c1c(C)c2ccc(-c3cccc(-c4cccc(BOC(C)(C)C(C)(C)C)c4)c3)cc2c2ccccc12. The Morgan fingerprint density at radius 1 is 0.675 bits per heavy atom. The molecule has 0 aromatic heterocycles. The predicted molar refractivity (Wildman–Crippen MR) is 177 cm³/mol. The molecule has 0 amide bonds. The fraction of sp³-hybridized carbons (Fsp3) is 0.216. The van der Waals surface area contributed by atoms with Gasteiger partial charge in [-0.1, -0.05) is 118 Å². The highest BCUT2D eigenvalue weighted by Gasteiger charge is 2.33. The van der Waals surface area contributed by atoms with E-state index in [2.05, 4.69) is 139 Å². The topological polar surface area (TPSA) is 21.6 Å². The number of allylic oxidation sites excluding steroid dienone is 1. The van der Waals surface area contributed by atoms with Gasteiger partial charge in [-0.15, -0.1) is 0 Å². The second-order valence-electron chi connectivity index (χ2n) is 12.1. The summed E-state index contributed by atoms with van der Waals surface area (Å²) < 4.78 is 6.37. The molecule has 0 N–H and O–H groups in total. The van der Waals surface area contributed by atoms with E-state index in [4.69, 9.17) is 9.65 Å². The molecule has 0 bridgehead atoms. The zero-order chi connectivity index (χ0) is 28.5. The number of hydrogen-bond acceptors (Lipinski definition) is 2. The second kappa shape index (κ2) is 10.9. The van der Waals surface area contributed by atoms with E-state index in [0.29, 0.717) is 7.48 Å². The van der Waals surface area contributed by atoms with Crippen LogP contribution >= 0.6 is 0 Å². The van der Waals surface area contributed by atoms with Crippen molar-refractivity contribution in [3.05, 3.63) is 109 Å². The van der Waals surface area contributed by atoms with Gasteiger partial charge in [-0.25, -0.2) is 0 Å². The van der Waals surface area contributed by atoms with Gasteiger partial charge in [-0.05, 0) is 82.3 Å². The van der Waals surface area contributed by atoms with Crippen molar-refractivity contribution in [2.45, 2.75) is 47.1 Å². The Labute approximate surface area is 239 Å². The summed E-state index contributed by atoms with van der Waals surface area (Å²) in [4.78, 5) is 4.72. The lowest BCUT2D eigenvalue weighted by Crippen LogP contribution is -2.42. The number of aryl methyl sites for hydroxylation is 1. The van der Waals surface area contributed by atoms with Crippen LogP contribution in [0.15, 0.2) is 109 Å². The highest BCUT2D eigenvalue weighted by atomic mass is 16.5. The zero-order valence-corrected chi connectivity index (χ0v) is 24.6. The molecule has 0 saturated carbocycles. The van der Waals surface area contributed by atoms with Crippen LogP contribution in [0, 0.1) is 12.3 Å². The maximum atomic E-state index is 6.37. The first kappa shape index (κ1) is 27.6. The Morgan fingerprint density at radius 2 is 1.30 bits per heavy atom. The van der Waals surface area contributed by atoms with E-state index >= 15 is 0 Å². The van der Waals surface area contributed by atoms with Crippen molar-refractivity contribution >= 4 is 46.4 Å². The van der Waals surface area contributed by atoms with Crippen LogP contribution in [0.2, 0.25) is 0 Å². The quantitative estimate of drug-likeness (QED) is 0.118. The molecule has 0 saturated heterocycles. The lowest BCUT2D eigenvalue weighted by Gasteiger charge is -2.39. The van der Waals surface area contributed by atoms with Crippen LogP contribution in [0.1, 0.15) is 40.2 Å². The van der Waals surface area contributed by atoms with Crippen LogP contribution in [0.25, 0.3) is 43.8 Å². The van der Waals surface area contributed by atoms with Crippen molar-refractivity contribution in [2.75, 3.05) is 0 Å². The van der Waals surface area contributed by atoms with Gasteiger partial charge in [0.2, 0.25) is 0 Å². The maximum absolute atomic E-state index is 6.37. The lowest BCUT2D eigenvalue weighted by molar-refractivity contribution is 0.00504. The van der Waals surface area contributed by atoms with E-state index in [1.807, 2.05) is 0 Å². The van der Waals surface area contributed by atoms with Gasteiger partial charge in [0.25, 0.3) is 0 Å². The number of nitrogens with zero attached hydrogens (tertiary/aromatic N) is 1. The molecule has 40 heavy (non-hydrogen) atoms. The standard InChI is InChI=1S/C37H38BNO/c1-8-21-39-35-25(2)31-20-19-29(24-34(31)32-17-9-10-18-33(32)35)27-14-11-13-26(22-27)28-15-12-16-30(23-28)38-40-37(6,7)36(3,4)5/h8-24,38H,1H2,2-7H3/b39-21-. The highest BCUT2D eigenvalue weighted by molar-refractivity contribution is 6.47. The number of fused-ring (bicyclic) bond motifs is 3. The van der Waals surface area contributed by atoms with Gasteiger partial charge in [0.1, 0.15) is 0 Å². The molecule has 5 aromatic rings. The Hall–Kier alpha value is -3.95. The predicted octanol–water partition coefficient (Wildman–Crippen LogP) is 9.34. The van der Waals surface area contributed by atoms with E-state index in [1.54, 1.807) is 12.3 Å². The van der Waals surface area contributed by atoms with Crippen molar-refractivity contribution < 1.29 is 4.65 Å². The lowest BCUT2D eigenvalue weighted by atomic mass is 9.76. The molecule has 0 radical (unpaired) electrons. The van der Waals surface area contributed by atoms with Crippen molar-refractivity contribution in [2.24, 2.45) is 10.4 Å². The summed E-state index contributed by atoms with van der Waals surface area (Å²) in [7, 11) is 0.591. The van der Waals surface area contributed by atoms with Crippen LogP contribution in [0.4, 0.5) is 5.69 Å². The molecule has 5 aromatic carbocycles. The monoisotopic (exact) mass is 523 g/mol. The van der Waals surface area contributed by atoms with Gasteiger partial charge in [-0.3, -0.25) is 4.99 Å². The van der Waals surface area contributed by atoms with Crippen LogP contribution in [-0.4, -0.2) is 19.3 Å². The summed E-state index contributed by atoms with van der Waals surface area (Å²) in [5.74, 6) is 0. The molecule has 0 fully saturated rings. The molecule has 5 rings (SSSR count). The fourth-order valence-corrected chi connectivity index (χ4v) is 5.02. The van der Waals surface area contributed by atoms with Crippen LogP contribution in [0.3, 0.4) is 0 Å². The minimum Gasteiger partial charge on any atom is -0.429 e. The molecule has 3 heteroatoms. The summed E-state index contributed by atoms with van der Waals surface area (Å²) in [5.41, 5.74) is 8.01. The smallest absolute Gasteiger partial charge is 0.309 e. The van der Waals surface area contributed by atoms with E-state index in [0.717, 1.165) is 11.1 Å². The molecule has 0 aliphatic carbocycles. The Kier molecular flexibility index (Phi) is 7.53. The zero-order valence-electron chi connectivity index (χ0n) is 24.6. The van der Waals surface area contributed by atoms with Crippen molar-refractivity contribution in [3.63, 3.8) is 0 Å². The maximum Gasteiger partial charge on any atom is 0.309 e. The first-order valence-corrected chi connectivity index (χ1v) is 14.0. The minimum absolute atomic E-state index is 0.0586. The number of hydrogen-bond donors (Lipinski definition) is 0. The van der Waals surface area contributed by atoms with Crippen molar-refractivity contribution in [3.8, 4) is 22.3 Å². The first-order valence-electron chi connectivity index (χ1n) is 14.0. The molecular formula is C37H38BNO. The number of benzene rings is 5. The average molecular weight is 524 g/mol. The molecule has 2 nitrogen and oxygen atoms in total. The normalized spacial score (nSPS) is 12.3. The third-order valence-electron chi connectivity index (χ3n) is 8.42. The average Bonchev–Trinajstić information content (AvgIpc) is 2.95. The Morgan fingerprint density at radius 3 is 1.98 bits per heavy atom. The molecule has 0 atom stereocenters. The molecule has 0 unspecified atom stereocenters. The van der Waals surface area contributed by atoms with Crippen molar-refractivity contribution in [1.29, 1.82) is 0 Å². The van der Waals surface area contributed by atoms with Crippen LogP contribution < -0.4 is 5.46 Å². The third kappa shape index (κ3) is 5.39. The second-order valence-corrected chi connectivity index (χ2v) is 12.1. The minimum atomic E-state index is -0.222. The van der Waals surface area contributed by atoms with Gasteiger partial charge < -0.3 is 4.65 Å². The highest BCUT2D eigenvalue weighted by Crippen LogP contribution is 2.39. The van der Waals surface area contributed by atoms with Crippen LogP contribution in [-0.2, 0) is 4.65 Å². The summed E-state index contributed by atoms with van der Waals surface area (Å²) in [6.07, 6.45) is 3.50. The van der Waals surface area contributed by atoms with Crippen molar-refractivity contribution in [1.82, 2.24) is 0 Å². The summed E-state index contributed by atoms with van der Waals surface area (Å²) >= 11 is 0. The number of aliphatic imine (C=N–C) groups is 1. The van der Waals surface area contributed by atoms with Gasteiger partial charge in [0.15, 0.2) is 0 Å². The first-order chi connectivity index (χ1) is 19.1. The fourth-order valence-electron chi connectivity index (χ4n) is 5.02. The molecular weight excluding hydrogens is 485 g/mol. The Balaban J connectivity index is 1.52. The van der Waals surface area contributed by atoms with Gasteiger partial charge in [0, 0.05) is 11.6 Å². The molecule has 0 heterocycles.